The Hall–Kier alpha value is -0.970. The Morgan fingerprint density at radius 1 is 1.50 bits per heavy atom. The van der Waals surface area contributed by atoms with E-state index in [0.717, 1.165) is 5.56 Å². The molecule has 2 atom stereocenters. The lowest BCUT2D eigenvalue weighted by atomic mass is 10.0. The van der Waals surface area contributed by atoms with Gasteiger partial charge in [-0.15, -0.1) is 0 Å². The zero-order chi connectivity index (χ0) is 13.6. The summed E-state index contributed by atoms with van der Waals surface area (Å²) in [5.41, 5.74) is 0.0509. The Bertz CT molecular complexity index is 369. The summed E-state index contributed by atoms with van der Waals surface area (Å²) in [6, 6.07) is 6.47. The Morgan fingerprint density at radius 3 is 2.83 bits per heavy atom. The fourth-order valence-corrected chi connectivity index (χ4v) is 1.68. The highest BCUT2D eigenvalue weighted by Gasteiger charge is 2.20. The molecule has 0 saturated heterocycles. The molecule has 3 nitrogen and oxygen atoms in total. The first kappa shape index (κ1) is 15.1. The van der Waals surface area contributed by atoms with Crippen molar-refractivity contribution in [3.63, 3.8) is 0 Å². The van der Waals surface area contributed by atoms with Crippen LogP contribution >= 0.6 is 0 Å². The van der Waals surface area contributed by atoms with Crippen LogP contribution in [-0.2, 0) is 4.74 Å². The van der Waals surface area contributed by atoms with Crippen LogP contribution in [0.5, 0.6) is 0 Å². The fourth-order valence-electron chi connectivity index (χ4n) is 1.68. The predicted molar refractivity (Wildman–Crippen MR) is 69.9 cm³/mol. The number of hydrogen-bond donors (Lipinski definition) is 2. The lowest BCUT2D eigenvalue weighted by molar-refractivity contribution is 0.0231. The van der Waals surface area contributed by atoms with Crippen LogP contribution in [0.1, 0.15) is 31.9 Å². The monoisotopic (exact) mass is 255 g/mol. The number of hydrogen-bond acceptors (Lipinski definition) is 3. The molecule has 4 heteroatoms. The van der Waals surface area contributed by atoms with E-state index in [4.69, 9.17) is 4.74 Å². The molecule has 18 heavy (non-hydrogen) atoms. The van der Waals surface area contributed by atoms with E-state index >= 15 is 0 Å². The van der Waals surface area contributed by atoms with Crippen LogP contribution in [0.3, 0.4) is 0 Å². The molecule has 0 amide bonds. The summed E-state index contributed by atoms with van der Waals surface area (Å²) in [4.78, 5) is 0. The van der Waals surface area contributed by atoms with E-state index < -0.39 is 5.60 Å². The van der Waals surface area contributed by atoms with Gasteiger partial charge in [-0.25, -0.2) is 4.39 Å². The Kier molecular flexibility index (Phi) is 5.72. The molecule has 2 unspecified atom stereocenters. The van der Waals surface area contributed by atoms with Crippen LogP contribution in [0.2, 0.25) is 0 Å². The van der Waals surface area contributed by atoms with E-state index in [-0.39, 0.29) is 11.9 Å². The van der Waals surface area contributed by atoms with Gasteiger partial charge in [-0.05, 0) is 31.5 Å². The molecule has 2 N–H and O–H groups in total. The van der Waals surface area contributed by atoms with Gasteiger partial charge in [0.05, 0.1) is 5.60 Å². The molecular formula is C14H22FNO2. The molecule has 0 bridgehead atoms. The normalized spacial score (nSPS) is 16.3. The standard InChI is InChI=1S/C14H22FNO2/c1-11(12-5-4-6-13(15)9-12)16-10-14(2,17)7-8-18-3/h4-6,9,11,16-17H,7-8,10H2,1-3H3. The highest BCUT2D eigenvalue weighted by atomic mass is 19.1. The molecule has 0 aliphatic rings. The van der Waals surface area contributed by atoms with E-state index in [1.807, 2.05) is 13.0 Å². The first-order valence-electron chi connectivity index (χ1n) is 6.15. The molecule has 0 aromatic heterocycles. The highest BCUT2D eigenvalue weighted by Crippen LogP contribution is 2.15. The van der Waals surface area contributed by atoms with Gasteiger partial charge in [-0.3, -0.25) is 0 Å². The van der Waals surface area contributed by atoms with Gasteiger partial charge in [0.15, 0.2) is 0 Å². The van der Waals surface area contributed by atoms with Crippen LogP contribution in [0.4, 0.5) is 4.39 Å². The van der Waals surface area contributed by atoms with Crippen molar-refractivity contribution in [1.82, 2.24) is 5.32 Å². The van der Waals surface area contributed by atoms with Crippen molar-refractivity contribution in [2.24, 2.45) is 0 Å². The summed E-state index contributed by atoms with van der Waals surface area (Å²) in [5, 5.41) is 13.3. The van der Waals surface area contributed by atoms with Crippen LogP contribution < -0.4 is 5.32 Å². The molecule has 0 aliphatic carbocycles. The first-order chi connectivity index (χ1) is 8.44. The fraction of sp³-hybridized carbons (Fsp3) is 0.571. The third kappa shape index (κ3) is 5.12. The number of benzene rings is 1. The molecule has 0 fully saturated rings. The summed E-state index contributed by atoms with van der Waals surface area (Å²) in [6.45, 7) is 4.66. The smallest absolute Gasteiger partial charge is 0.123 e. The Morgan fingerprint density at radius 2 is 2.22 bits per heavy atom. The maximum Gasteiger partial charge on any atom is 0.123 e. The Labute approximate surface area is 108 Å². The molecule has 1 rings (SSSR count). The van der Waals surface area contributed by atoms with Crippen molar-refractivity contribution in [2.45, 2.75) is 31.9 Å². The average Bonchev–Trinajstić information content (AvgIpc) is 2.34. The van der Waals surface area contributed by atoms with Crippen molar-refractivity contribution in [1.29, 1.82) is 0 Å². The molecule has 0 heterocycles. The van der Waals surface area contributed by atoms with Gasteiger partial charge < -0.3 is 15.2 Å². The second kappa shape index (κ2) is 6.83. The molecular weight excluding hydrogens is 233 g/mol. The number of methoxy groups -OCH3 is 1. The first-order valence-corrected chi connectivity index (χ1v) is 6.15. The van der Waals surface area contributed by atoms with Gasteiger partial charge >= 0.3 is 0 Å². The average molecular weight is 255 g/mol. The second-order valence-corrected chi connectivity index (χ2v) is 4.90. The van der Waals surface area contributed by atoms with E-state index in [1.54, 1.807) is 20.1 Å². The number of aliphatic hydroxyl groups is 1. The minimum absolute atomic E-state index is 0.00489. The van der Waals surface area contributed by atoms with Gasteiger partial charge in [0.25, 0.3) is 0 Å². The minimum atomic E-state index is -0.822. The van der Waals surface area contributed by atoms with E-state index in [9.17, 15) is 9.50 Å². The second-order valence-electron chi connectivity index (χ2n) is 4.90. The van der Waals surface area contributed by atoms with Crippen molar-refractivity contribution in [3.8, 4) is 0 Å². The summed E-state index contributed by atoms with van der Waals surface area (Å²) >= 11 is 0. The molecule has 1 aromatic rings. The predicted octanol–water partition coefficient (Wildman–Crippen LogP) is 2.26. The third-order valence-corrected chi connectivity index (χ3v) is 2.98. The summed E-state index contributed by atoms with van der Waals surface area (Å²) in [7, 11) is 1.61. The lowest BCUT2D eigenvalue weighted by Crippen LogP contribution is -2.39. The number of ether oxygens (including phenoxy) is 1. The molecule has 0 saturated carbocycles. The third-order valence-electron chi connectivity index (χ3n) is 2.98. The zero-order valence-corrected chi connectivity index (χ0v) is 11.2. The van der Waals surface area contributed by atoms with Crippen molar-refractivity contribution < 1.29 is 14.2 Å². The quantitative estimate of drug-likeness (QED) is 0.785. The minimum Gasteiger partial charge on any atom is -0.389 e. The SMILES string of the molecule is COCCC(C)(O)CNC(C)c1cccc(F)c1. The zero-order valence-electron chi connectivity index (χ0n) is 11.2. The summed E-state index contributed by atoms with van der Waals surface area (Å²) in [6.07, 6.45) is 0.562. The van der Waals surface area contributed by atoms with Crippen LogP contribution in [0.15, 0.2) is 24.3 Å². The van der Waals surface area contributed by atoms with Crippen LogP contribution in [0.25, 0.3) is 0 Å². The molecule has 1 aromatic carbocycles. The van der Waals surface area contributed by atoms with Gasteiger partial charge in [0, 0.05) is 32.7 Å². The molecule has 0 radical (unpaired) electrons. The molecule has 0 spiro atoms. The lowest BCUT2D eigenvalue weighted by Gasteiger charge is -2.26. The molecule has 0 aliphatic heterocycles. The largest absolute Gasteiger partial charge is 0.389 e. The number of halogens is 1. The van der Waals surface area contributed by atoms with Gasteiger partial charge in [-0.2, -0.15) is 0 Å². The van der Waals surface area contributed by atoms with E-state index in [2.05, 4.69) is 5.32 Å². The van der Waals surface area contributed by atoms with Gasteiger partial charge in [0.1, 0.15) is 5.82 Å². The summed E-state index contributed by atoms with van der Waals surface area (Å²) < 4.78 is 18.0. The van der Waals surface area contributed by atoms with Crippen molar-refractivity contribution >= 4 is 0 Å². The van der Waals surface area contributed by atoms with Gasteiger partial charge in [-0.1, -0.05) is 12.1 Å². The van der Waals surface area contributed by atoms with Crippen LogP contribution in [0, 0.1) is 5.82 Å². The van der Waals surface area contributed by atoms with Crippen LogP contribution in [-0.4, -0.2) is 31.0 Å². The van der Waals surface area contributed by atoms with E-state index in [0.29, 0.717) is 19.6 Å². The van der Waals surface area contributed by atoms with Crippen molar-refractivity contribution in [2.75, 3.05) is 20.3 Å². The number of rotatable bonds is 7. The van der Waals surface area contributed by atoms with E-state index in [1.165, 1.54) is 12.1 Å². The maximum absolute atomic E-state index is 13.1. The summed E-state index contributed by atoms with van der Waals surface area (Å²) in [5.74, 6) is -0.243. The highest BCUT2D eigenvalue weighted by molar-refractivity contribution is 5.19. The van der Waals surface area contributed by atoms with Crippen molar-refractivity contribution in [3.05, 3.63) is 35.6 Å². The Balaban J connectivity index is 2.48. The maximum atomic E-state index is 13.1. The molecule has 102 valence electrons. The van der Waals surface area contributed by atoms with Gasteiger partial charge in [0.2, 0.25) is 0 Å². The topological polar surface area (TPSA) is 41.5 Å². The number of nitrogens with one attached hydrogen (secondary N) is 1.